The molecule has 1 aromatic heterocycles. The van der Waals surface area contributed by atoms with E-state index in [0.29, 0.717) is 34.8 Å². The lowest BCUT2D eigenvalue weighted by Crippen LogP contribution is -2.11. The number of carbonyl (C=O) groups is 1. The maximum atomic E-state index is 12.7. The van der Waals surface area contributed by atoms with Crippen LogP contribution < -0.4 is 10.1 Å². The van der Waals surface area contributed by atoms with Gasteiger partial charge in [-0.05, 0) is 71.8 Å². The number of oxazole rings is 1. The van der Waals surface area contributed by atoms with E-state index in [9.17, 15) is 4.79 Å². The van der Waals surface area contributed by atoms with E-state index in [2.05, 4.69) is 40.3 Å². The van der Waals surface area contributed by atoms with Crippen LogP contribution >= 0.6 is 15.9 Å². The van der Waals surface area contributed by atoms with Crippen LogP contribution in [0.25, 0.3) is 33.3 Å². The number of halogens is 1. The Labute approximate surface area is 199 Å². The highest BCUT2D eigenvalue weighted by atomic mass is 79.9. The highest BCUT2D eigenvalue weighted by Crippen LogP contribution is 2.34. The third kappa shape index (κ3) is 4.34. The summed E-state index contributed by atoms with van der Waals surface area (Å²) in [5.74, 6) is 1.10. The molecule has 0 fully saturated rings. The first-order chi connectivity index (χ1) is 16.1. The molecule has 1 heterocycles. The van der Waals surface area contributed by atoms with Gasteiger partial charge >= 0.3 is 0 Å². The van der Waals surface area contributed by atoms with Crippen molar-refractivity contribution in [2.75, 3.05) is 11.9 Å². The van der Waals surface area contributed by atoms with E-state index in [1.54, 1.807) is 24.3 Å². The zero-order chi connectivity index (χ0) is 22.8. The Morgan fingerprint density at radius 2 is 1.79 bits per heavy atom. The third-order valence-electron chi connectivity index (χ3n) is 5.33. The van der Waals surface area contributed by atoms with Crippen LogP contribution in [0.1, 0.15) is 23.7 Å². The molecule has 5 aromatic rings. The van der Waals surface area contributed by atoms with Crippen LogP contribution in [0, 0.1) is 0 Å². The Balaban J connectivity index is 1.40. The van der Waals surface area contributed by atoms with Crippen LogP contribution in [0.3, 0.4) is 0 Å². The van der Waals surface area contributed by atoms with E-state index < -0.39 is 0 Å². The SMILES string of the molecule is CCCOc1ccc(C(=O)Nc2ccc3oc(-c4cccc5c(Br)cccc45)nc3c2)cc1. The van der Waals surface area contributed by atoms with Gasteiger partial charge in [0.25, 0.3) is 5.91 Å². The fraction of sp³-hybridized carbons (Fsp3) is 0.111. The molecule has 5 rings (SSSR count). The van der Waals surface area contributed by atoms with Gasteiger partial charge in [-0.25, -0.2) is 4.98 Å². The van der Waals surface area contributed by atoms with E-state index in [1.807, 2.05) is 42.5 Å². The van der Waals surface area contributed by atoms with Gasteiger partial charge < -0.3 is 14.5 Å². The van der Waals surface area contributed by atoms with Gasteiger partial charge in [0.1, 0.15) is 11.3 Å². The second-order valence-corrected chi connectivity index (χ2v) is 8.52. The van der Waals surface area contributed by atoms with Gasteiger partial charge in [0, 0.05) is 21.3 Å². The van der Waals surface area contributed by atoms with E-state index in [1.165, 1.54) is 0 Å². The lowest BCUT2D eigenvalue weighted by molar-refractivity contribution is 0.102. The zero-order valence-electron chi connectivity index (χ0n) is 18.0. The largest absolute Gasteiger partial charge is 0.494 e. The molecule has 33 heavy (non-hydrogen) atoms. The van der Waals surface area contributed by atoms with Gasteiger partial charge in [-0.3, -0.25) is 4.79 Å². The van der Waals surface area contributed by atoms with Crippen molar-refractivity contribution in [3.05, 3.63) is 88.9 Å². The number of nitrogens with zero attached hydrogens (tertiary/aromatic N) is 1. The molecule has 5 nitrogen and oxygen atoms in total. The van der Waals surface area contributed by atoms with Crippen molar-refractivity contribution < 1.29 is 13.9 Å². The number of nitrogens with one attached hydrogen (secondary N) is 1. The number of amides is 1. The van der Waals surface area contributed by atoms with E-state index >= 15 is 0 Å². The van der Waals surface area contributed by atoms with Crippen LogP contribution in [0.5, 0.6) is 5.75 Å². The summed E-state index contributed by atoms with van der Waals surface area (Å²) in [6, 6.07) is 24.7. The van der Waals surface area contributed by atoms with Gasteiger partial charge in [0.05, 0.1) is 6.61 Å². The summed E-state index contributed by atoms with van der Waals surface area (Å²) < 4.78 is 12.6. The fourth-order valence-electron chi connectivity index (χ4n) is 3.70. The summed E-state index contributed by atoms with van der Waals surface area (Å²) in [5, 5.41) is 5.08. The summed E-state index contributed by atoms with van der Waals surface area (Å²) in [6.45, 7) is 2.71. The highest BCUT2D eigenvalue weighted by Gasteiger charge is 2.14. The maximum absolute atomic E-state index is 12.7. The van der Waals surface area contributed by atoms with Crippen molar-refractivity contribution in [2.45, 2.75) is 13.3 Å². The summed E-state index contributed by atoms with van der Waals surface area (Å²) >= 11 is 3.61. The molecule has 1 N–H and O–H groups in total. The third-order valence-corrected chi connectivity index (χ3v) is 6.03. The second-order valence-electron chi connectivity index (χ2n) is 7.67. The lowest BCUT2D eigenvalue weighted by Gasteiger charge is -2.07. The number of anilines is 1. The molecule has 0 saturated heterocycles. The van der Waals surface area contributed by atoms with Gasteiger partial charge in [-0.15, -0.1) is 0 Å². The summed E-state index contributed by atoms with van der Waals surface area (Å²) in [5.41, 5.74) is 3.46. The van der Waals surface area contributed by atoms with E-state index in [4.69, 9.17) is 14.1 Å². The van der Waals surface area contributed by atoms with Crippen molar-refractivity contribution in [2.24, 2.45) is 0 Å². The molecule has 0 radical (unpaired) electrons. The molecule has 0 aliphatic rings. The number of benzene rings is 4. The zero-order valence-corrected chi connectivity index (χ0v) is 19.6. The fourth-order valence-corrected chi connectivity index (χ4v) is 4.20. The van der Waals surface area contributed by atoms with E-state index in [-0.39, 0.29) is 5.91 Å². The number of hydrogen-bond acceptors (Lipinski definition) is 4. The molecule has 0 unspecified atom stereocenters. The Morgan fingerprint density at radius 1 is 1.00 bits per heavy atom. The van der Waals surface area contributed by atoms with Crippen LogP contribution in [0.4, 0.5) is 5.69 Å². The maximum Gasteiger partial charge on any atom is 0.255 e. The smallest absolute Gasteiger partial charge is 0.255 e. The predicted octanol–water partition coefficient (Wildman–Crippen LogP) is 7.45. The molecule has 164 valence electrons. The number of carbonyl (C=O) groups excluding carboxylic acids is 1. The number of ether oxygens (including phenoxy) is 1. The van der Waals surface area contributed by atoms with E-state index in [0.717, 1.165) is 33.0 Å². The predicted molar refractivity (Wildman–Crippen MR) is 135 cm³/mol. The molecular formula is C27H21BrN2O3. The van der Waals surface area contributed by atoms with Crippen molar-refractivity contribution in [3.8, 4) is 17.2 Å². The lowest BCUT2D eigenvalue weighted by atomic mass is 10.0. The number of aromatic nitrogens is 1. The van der Waals surface area contributed by atoms with Gasteiger partial charge in [-0.1, -0.05) is 47.1 Å². The molecule has 0 spiro atoms. The van der Waals surface area contributed by atoms with Gasteiger partial charge in [0.2, 0.25) is 5.89 Å². The Bertz CT molecular complexity index is 1460. The van der Waals surface area contributed by atoms with Crippen molar-refractivity contribution in [1.82, 2.24) is 4.98 Å². The quantitative estimate of drug-likeness (QED) is 0.263. The van der Waals surface area contributed by atoms with Gasteiger partial charge in [-0.2, -0.15) is 0 Å². The minimum absolute atomic E-state index is 0.195. The highest BCUT2D eigenvalue weighted by molar-refractivity contribution is 9.10. The number of fused-ring (bicyclic) bond motifs is 2. The molecule has 4 aromatic carbocycles. The van der Waals surface area contributed by atoms with Crippen molar-refractivity contribution in [1.29, 1.82) is 0 Å². The molecular weight excluding hydrogens is 480 g/mol. The van der Waals surface area contributed by atoms with Crippen LogP contribution in [-0.4, -0.2) is 17.5 Å². The Kier molecular flexibility index (Phi) is 5.84. The summed E-state index contributed by atoms with van der Waals surface area (Å²) in [4.78, 5) is 17.4. The first kappa shape index (κ1) is 21.2. The molecule has 0 aliphatic heterocycles. The molecule has 0 bridgehead atoms. The standard InChI is InChI=1S/C27H21BrN2O3/c1-2-15-32-19-12-9-17(10-13-19)26(31)29-18-11-14-25-24(16-18)30-27(33-25)22-7-3-6-21-20(22)5-4-8-23(21)28/h3-14,16H,2,15H2,1H3,(H,29,31). The first-order valence-electron chi connectivity index (χ1n) is 10.7. The molecule has 0 atom stereocenters. The summed E-state index contributed by atoms with van der Waals surface area (Å²) in [6.07, 6.45) is 0.937. The van der Waals surface area contributed by atoms with Crippen LogP contribution in [-0.2, 0) is 0 Å². The van der Waals surface area contributed by atoms with Crippen LogP contribution in [0.2, 0.25) is 0 Å². The average Bonchev–Trinajstić information content (AvgIpc) is 3.26. The Morgan fingerprint density at radius 3 is 2.61 bits per heavy atom. The molecule has 6 heteroatoms. The normalized spacial score (nSPS) is 11.1. The van der Waals surface area contributed by atoms with Gasteiger partial charge in [0.15, 0.2) is 5.58 Å². The Hall–Kier alpha value is -3.64. The first-order valence-corrected chi connectivity index (χ1v) is 11.5. The molecule has 1 amide bonds. The minimum atomic E-state index is -0.195. The second kappa shape index (κ2) is 9.08. The van der Waals surface area contributed by atoms with Crippen molar-refractivity contribution in [3.63, 3.8) is 0 Å². The average molecular weight is 501 g/mol. The van der Waals surface area contributed by atoms with Crippen LogP contribution in [0.15, 0.2) is 87.8 Å². The number of hydrogen-bond donors (Lipinski definition) is 1. The monoisotopic (exact) mass is 500 g/mol. The topological polar surface area (TPSA) is 64.4 Å². The minimum Gasteiger partial charge on any atom is -0.494 e. The number of rotatable bonds is 6. The molecule has 0 saturated carbocycles. The molecule has 0 aliphatic carbocycles. The van der Waals surface area contributed by atoms with Crippen molar-refractivity contribution >= 4 is 49.4 Å². The summed E-state index contributed by atoms with van der Waals surface area (Å²) in [7, 11) is 0.